The molecule has 0 atom stereocenters. The van der Waals surface area contributed by atoms with Crippen LogP contribution >= 0.6 is 0 Å². The summed E-state index contributed by atoms with van der Waals surface area (Å²) >= 11 is 0. The molecule has 0 aromatic heterocycles. The Morgan fingerprint density at radius 1 is 1.83 bits per heavy atom. The fourth-order valence-electron chi connectivity index (χ4n) is 0. The van der Waals surface area contributed by atoms with Gasteiger partial charge in [0.05, 0.1) is 0 Å². The molecule has 0 fully saturated rings. The number of hydrogen-bond acceptors (Lipinski definition) is 1. The molecule has 0 unspecified atom stereocenters. The Morgan fingerprint density at radius 2 is 2.00 bits per heavy atom. The number of hydrogen-bond donors (Lipinski definition) is 0. The Kier molecular flexibility index (Phi) is 8.28. The molecule has 0 heterocycles. The van der Waals surface area contributed by atoms with E-state index >= 15 is 0 Å². The van der Waals surface area contributed by atoms with Gasteiger partial charge in [0.25, 0.3) is 0 Å². The predicted octanol–water partition coefficient (Wildman–Crippen LogP) is -0.277. The van der Waals surface area contributed by atoms with Crippen LogP contribution in [-0.4, -0.2) is 6.61 Å². The molecule has 0 aliphatic heterocycles. The molecule has 0 aromatic carbocycles. The first-order valence-electron chi connectivity index (χ1n) is 1.43. The summed E-state index contributed by atoms with van der Waals surface area (Å²) in [7, 11) is 0. The summed E-state index contributed by atoms with van der Waals surface area (Å²) in [5.41, 5.74) is 0.449. The zero-order valence-corrected chi connectivity index (χ0v) is 4.75. The minimum Gasteiger partial charge on any atom is -0.853 e. The van der Waals surface area contributed by atoms with Crippen LogP contribution in [0.4, 0.5) is 0 Å². The van der Waals surface area contributed by atoms with Crippen LogP contribution in [0.3, 0.4) is 0 Å². The summed E-state index contributed by atoms with van der Waals surface area (Å²) in [5.74, 6) is 0. The van der Waals surface area contributed by atoms with Gasteiger partial charge in [-0.15, -0.1) is 0 Å². The van der Waals surface area contributed by atoms with E-state index in [1.807, 2.05) is 0 Å². The molecule has 0 aliphatic carbocycles. The third-order valence-corrected chi connectivity index (χ3v) is 0.228. The minimum absolute atomic E-state index is 0. The molecule has 1 radical (unpaired) electrons. The van der Waals surface area contributed by atoms with Crippen molar-refractivity contribution >= 4 is 0 Å². The van der Waals surface area contributed by atoms with Gasteiger partial charge >= 0.3 is 0 Å². The average molecular weight is 125 g/mol. The van der Waals surface area contributed by atoms with Crippen LogP contribution in [0, 0.1) is 6.58 Å². The van der Waals surface area contributed by atoms with Gasteiger partial charge in [-0.2, -0.15) is 6.61 Å². The van der Waals surface area contributed by atoms with Gasteiger partial charge in [-0.1, -0.05) is 6.92 Å². The normalized spacial score (nSPS) is 6.33. The van der Waals surface area contributed by atoms with Crippen LogP contribution < -0.4 is 5.11 Å². The van der Waals surface area contributed by atoms with Crippen molar-refractivity contribution in [1.82, 2.24) is 0 Å². The van der Waals surface area contributed by atoms with E-state index < -0.39 is 0 Å². The first-order chi connectivity index (χ1) is 2.27. The molecule has 0 aromatic rings. The van der Waals surface area contributed by atoms with Gasteiger partial charge in [0.15, 0.2) is 0 Å². The van der Waals surface area contributed by atoms with Crippen molar-refractivity contribution < 1.29 is 22.2 Å². The third kappa shape index (κ3) is 8.88. The quantitative estimate of drug-likeness (QED) is 0.349. The van der Waals surface area contributed by atoms with E-state index in [1.165, 1.54) is 0 Å². The maximum atomic E-state index is 9.47. The van der Waals surface area contributed by atoms with Crippen molar-refractivity contribution in [3.8, 4) is 0 Å². The molecule has 6 heavy (non-hydrogen) atoms. The van der Waals surface area contributed by atoms with Gasteiger partial charge in [0.2, 0.25) is 0 Å². The van der Waals surface area contributed by atoms with Gasteiger partial charge < -0.3 is 11.7 Å². The fourth-order valence-corrected chi connectivity index (χ4v) is 0. The minimum atomic E-state index is -0.250. The molecule has 0 bridgehead atoms. The monoisotopic (exact) mass is 125 g/mol. The van der Waals surface area contributed by atoms with E-state index in [0.717, 1.165) is 0 Å². The zero-order valence-electron chi connectivity index (χ0n) is 3.57. The molecular formula is C4H6MnO-2. The second-order valence-electron chi connectivity index (χ2n) is 0.991. The van der Waals surface area contributed by atoms with Crippen LogP contribution in [0.1, 0.15) is 6.92 Å². The van der Waals surface area contributed by atoms with Gasteiger partial charge in [0, 0.05) is 17.1 Å². The van der Waals surface area contributed by atoms with Crippen molar-refractivity contribution in [2.24, 2.45) is 0 Å². The first-order valence-corrected chi connectivity index (χ1v) is 1.43. The Morgan fingerprint density at radius 3 is 2.00 bits per heavy atom. The van der Waals surface area contributed by atoms with Crippen molar-refractivity contribution in [2.75, 3.05) is 6.61 Å². The van der Waals surface area contributed by atoms with E-state index in [9.17, 15) is 5.11 Å². The Balaban J connectivity index is 0. The maximum absolute atomic E-state index is 9.47. The van der Waals surface area contributed by atoms with E-state index in [0.29, 0.717) is 5.57 Å². The Labute approximate surface area is 48.5 Å². The van der Waals surface area contributed by atoms with Crippen molar-refractivity contribution in [1.29, 1.82) is 0 Å². The maximum Gasteiger partial charge on any atom is 0 e. The molecule has 37 valence electrons. The van der Waals surface area contributed by atoms with Gasteiger partial charge in [-0.3, -0.25) is 5.57 Å². The molecule has 0 aliphatic rings. The summed E-state index contributed by atoms with van der Waals surface area (Å²) in [5, 5.41) is 9.47. The fraction of sp³-hybridized carbons (Fsp3) is 0.500. The van der Waals surface area contributed by atoms with Crippen LogP contribution in [0.2, 0.25) is 0 Å². The van der Waals surface area contributed by atoms with E-state index in [-0.39, 0.29) is 23.7 Å². The smallest absolute Gasteiger partial charge is 0 e. The van der Waals surface area contributed by atoms with Gasteiger partial charge in [-0.05, 0) is 0 Å². The predicted molar refractivity (Wildman–Crippen MR) is 18.4 cm³/mol. The van der Waals surface area contributed by atoms with Crippen LogP contribution in [0.15, 0.2) is 5.57 Å². The van der Waals surface area contributed by atoms with Gasteiger partial charge in [-0.25, -0.2) is 0 Å². The SMILES string of the molecule is [CH-]=C(C)C[O-].[Mn]. The summed E-state index contributed by atoms with van der Waals surface area (Å²) in [6.45, 7) is 6.25. The molecular weight excluding hydrogens is 119 g/mol. The zero-order chi connectivity index (χ0) is 4.28. The van der Waals surface area contributed by atoms with Crippen LogP contribution in [-0.2, 0) is 17.1 Å². The summed E-state index contributed by atoms with van der Waals surface area (Å²) in [4.78, 5) is 0. The van der Waals surface area contributed by atoms with Crippen LogP contribution in [0.25, 0.3) is 0 Å². The molecule has 0 amide bonds. The molecule has 0 saturated heterocycles. The first kappa shape index (κ1) is 9.52. The second-order valence-corrected chi connectivity index (χ2v) is 0.991. The molecule has 0 rings (SSSR count). The summed E-state index contributed by atoms with van der Waals surface area (Å²) in [6, 6.07) is 0. The van der Waals surface area contributed by atoms with Crippen molar-refractivity contribution in [2.45, 2.75) is 6.92 Å². The standard InChI is InChI=1S/C4H6O.Mn/c1-4(2)3-5;/h1H,3H2,2H3;/q-2;. The average Bonchev–Trinajstić information content (AvgIpc) is 1.38. The number of rotatable bonds is 1. The molecule has 0 saturated carbocycles. The second kappa shape index (κ2) is 5.22. The third-order valence-electron chi connectivity index (χ3n) is 0.228. The van der Waals surface area contributed by atoms with E-state index in [1.54, 1.807) is 6.92 Å². The summed E-state index contributed by atoms with van der Waals surface area (Å²) < 4.78 is 0. The van der Waals surface area contributed by atoms with Gasteiger partial charge in [0.1, 0.15) is 0 Å². The van der Waals surface area contributed by atoms with E-state index in [2.05, 4.69) is 0 Å². The largest absolute Gasteiger partial charge is 0.853 e. The molecule has 1 nitrogen and oxygen atoms in total. The van der Waals surface area contributed by atoms with Crippen LogP contribution in [0.5, 0.6) is 0 Å². The molecule has 0 N–H and O–H groups in total. The van der Waals surface area contributed by atoms with Crippen molar-refractivity contribution in [3.05, 3.63) is 12.2 Å². The topological polar surface area (TPSA) is 23.1 Å². The van der Waals surface area contributed by atoms with Crippen molar-refractivity contribution in [3.63, 3.8) is 0 Å². The molecule has 0 spiro atoms. The Bertz CT molecular complexity index is 42.8. The van der Waals surface area contributed by atoms with E-state index in [4.69, 9.17) is 6.58 Å². The Hall–Kier alpha value is 0.219. The molecule has 2 heteroatoms. The summed E-state index contributed by atoms with van der Waals surface area (Å²) in [6.07, 6.45) is 0.